The molecule has 0 saturated carbocycles. The molecular formula is C12H14FNO6S. The van der Waals surface area contributed by atoms with Gasteiger partial charge in [0.1, 0.15) is 11.9 Å². The number of hydrogen-bond acceptors (Lipinski definition) is 7. The van der Waals surface area contributed by atoms with Gasteiger partial charge in [0.15, 0.2) is 10.9 Å². The van der Waals surface area contributed by atoms with Crippen molar-refractivity contribution < 1.29 is 29.4 Å². The molecule has 0 heterocycles. The number of carbonyl (C=O) groups excluding carboxylic acids is 1. The fourth-order valence-electron chi connectivity index (χ4n) is 1.63. The average Bonchev–Trinajstić information content (AvgIpc) is 2.37. The Labute approximate surface area is 123 Å². The molecule has 116 valence electrons. The summed E-state index contributed by atoms with van der Waals surface area (Å²) in [7, 11) is 0. The highest BCUT2D eigenvalue weighted by atomic mass is 32.2. The first-order valence-electron chi connectivity index (χ1n) is 5.90. The maximum Gasteiger partial charge on any atom is 0.311 e. The highest BCUT2D eigenvalue weighted by Gasteiger charge is 2.26. The van der Waals surface area contributed by atoms with Gasteiger partial charge in [-0.15, -0.1) is 0 Å². The van der Waals surface area contributed by atoms with Crippen LogP contribution in [0.25, 0.3) is 0 Å². The normalized spacial score (nSPS) is 13.7. The summed E-state index contributed by atoms with van der Waals surface area (Å²) >= 11 is 0.935. The number of nitrogens with zero attached hydrogens (tertiary/aromatic N) is 1. The van der Waals surface area contributed by atoms with E-state index in [-0.39, 0.29) is 17.3 Å². The third-order valence-electron chi connectivity index (χ3n) is 2.69. The van der Waals surface area contributed by atoms with Crippen molar-refractivity contribution in [3.8, 4) is 5.75 Å². The van der Waals surface area contributed by atoms with E-state index in [1.165, 1.54) is 6.92 Å². The summed E-state index contributed by atoms with van der Waals surface area (Å²) in [6.07, 6.45) is -3.09. The van der Waals surface area contributed by atoms with Crippen molar-refractivity contribution in [2.75, 3.05) is 5.75 Å². The van der Waals surface area contributed by atoms with E-state index >= 15 is 0 Å². The van der Waals surface area contributed by atoms with Crippen LogP contribution in [-0.4, -0.2) is 37.2 Å². The molecule has 2 atom stereocenters. The van der Waals surface area contributed by atoms with E-state index in [4.69, 9.17) is 0 Å². The Hall–Kier alpha value is -1.71. The van der Waals surface area contributed by atoms with Gasteiger partial charge in [-0.25, -0.2) is 4.39 Å². The summed E-state index contributed by atoms with van der Waals surface area (Å²) in [5.41, 5.74) is -1.25. The van der Waals surface area contributed by atoms with Crippen LogP contribution in [-0.2, 0) is 4.79 Å². The van der Waals surface area contributed by atoms with Crippen LogP contribution in [0.1, 0.15) is 25.0 Å². The number of rotatable bonds is 6. The van der Waals surface area contributed by atoms with Crippen molar-refractivity contribution in [2.45, 2.75) is 25.6 Å². The van der Waals surface area contributed by atoms with Crippen LogP contribution >= 0.6 is 11.8 Å². The molecule has 0 aliphatic rings. The molecule has 0 amide bonds. The number of aromatic hydroxyl groups is 1. The molecule has 1 aromatic rings. The van der Waals surface area contributed by atoms with Crippen LogP contribution in [0.3, 0.4) is 0 Å². The topological polar surface area (TPSA) is 121 Å². The van der Waals surface area contributed by atoms with Gasteiger partial charge in [-0.2, -0.15) is 0 Å². The van der Waals surface area contributed by atoms with Crippen molar-refractivity contribution in [3.63, 3.8) is 0 Å². The highest BCUT2D eigenvalue weighted by molar-refractivity contribution is 8.13. The van der Waals surface area contributed by atoms with Gasteiger partial charge < -0.3 is 15.3 Å². The molecule has 1 rings (SSSR count). The Morgan fingerprint density at radius 2 is 2.10 bits per heavy atom. The molecule has 9 heteroatoms. The number of benzene rings is 1. The number of thioether (sulfide) groups is 1. The lowest BCUT2D eigenvalue weighted by molar-refractivity contribution is -0.386. The Balaban J connectivity index is 2.90. The molecule has 2 unspecified atom stereocenters. The second kappa shape index (κ2) is 7.34. The number of nitro groups is 1. The zero-order valence-corrected chi connectivity index (χ0v) is 11.8. The number of halogens is 1. The first kappa shape index (κ1) is 17.3. The molecule has 3 N–H and O–H groups in total. The third kappa shape index (κ3) is 4.66. The van der Waals surface area contributed by atoms with Crippen molar-refractivity contribution in [1.82, 2.24) is 0 Å². The second-order valence-electron chi connectivity index (χ2n) is 4.26. The third-order valence-corrected chi connectivity index (χ3v) is 3.54. The molecule has 0 fully saturated rings. The molecule has 21 heavy (non-hydrogen) atoms. The largest absolute Gasteiger partial charge is 0.502 e. The van der Waals surface area contributed by atoms with Crippen LogP contribution in [0, 0.1) is 15.9 Å². The fraction of sp³-hybridized carbons (Fsp3) is 0.417. The smallest absolute Gasteiger partial charge is 0.311 e. The van der Waals surface area contributed by atoms with Crippen molar-refractivity contribution in [3.05, 3.63) is 33.6 Å². The predicted molar refractivity (Wildman–Crippen MR) is 73.4 cm³/mol. The maximum atomic E-state index is 13.6. The van der Waals surface area contributed by atoms with E-state index in [0.29, 0.717) is 12.1 Å². The van der Waals surface area contributed by atoms with Crippen molar-refractivity contribution in [1.29, 1.82) is 0 Å². The van der Waals surface area contributed by atoms with E-state index < -0.39 is 39.9 Å². The number of nitro benzene ring substituents is 1. The lowest BCUT2D eigenvalue weighted by atomic mass is 10.0. The first-order chi connectivity index (χ1) is 9.73. The molecule has 0 spiro atoms. The minimum Gasteiger partial charge on any atom is -0.502 e. The van der Waals surface area contributed by atoms with Crippen LogP contribution in [0.5, 0.6) is 5.75 Å². The minimum atomic E-state index is -1.70. The zero-order chi connectivity index (χ0) is 16.2. The van der Waals surface area contributed by atoms with Crippen molar-refractivity contribution >= 4 is 22.6 Å². The average molecular weight is 319 g/mol. The van der Waals surface area contributed by atoms with Gasteiger partial charge in [0.2, 0.25) is 0 Å². The Morgan fingerprint density at radius 3 is 2.62 bits per heavy atom. The van der Waals surface area contributed by atoms with E-state index in [0.717, 1.165) is 11.8 Å². The molecule has 7 nitrogen and oxygen atoms in total. The molecule has 0 radical (unpaired) electrons. The molecular weight excluding hydrogens is 305 g/mol. The van der Waals surface area contributed by atoms with Gasteiger partial charge >= 0.3 is 5.69 Å². The van der Waals surface area contributed by atoms with E-state index in [1.54, 1.807) is 0 Å². The van der Waals surface area contributed by atoms with Gasteiger partial charge in [0, 0.05) is 30.4 Å². The molecule has 0 saturated heterocycles. The van der Waals surface area contributed by atoms with Crippen LogP contribution in [0.2, 0.25) is 0 Å². The summed E-state index contributed by atoms with van der Waals surface area (Å²) in [4.78, 5) is 20.5. The minimum absolute atomic E-state index is 0.000469. The Morgan fingerprint density at radius 1 is 1.48 bits per heavy atom. The molecule has 0 aromatic heterocycles. The van der Waals surface area contributed by atoms with Crippen LogP contribution < -0.4 is 0 Å². The van der Waals surface area contributed by atoms with Gasteiger partial charge in [-0.05, 0) is 6.42 Å². The summed E-state index contributed by atoms with van der Waals surface area (Å²) in [5.74, 6) is -1.71. The van der Waals surface area contributed by atoms with E-state index in [2.05, 4.69) is 0 Å². The van der Waals surface area contributed by atoms with Gasteiger partial charge in [0.05, 0.1) is 11.0 Å². The number of carbonyl (C=O) groups is 1. The monoisotopic (exact) mass is 319 g/mol. The van der Waals surface area contributed by atoms with Crippen LogP contribution in [0.15, 0.2) is 12.1 Å². The standard InChI is InChI=1S/C12H14FNO6S/c1-6(15)21-3-2-10(16)12(18)7-4-9(14(19)20)11(17)5-8(7)13/h4-5,10,12,16-18H,2-3H2,1H3. The van der Waals surface area contributed by atoms with Gasteiger partial charge in [0.25, 0.3) is 0 Å². The van der Waals surface area contributed by atoms with Crippen LogP contribution in [0.4, 0.5) is 10.1 Å². The number of hydrogen-bond donors (Lipinski definition) is 3. The summed E-state index contributed by atoms with van der Waals surface area (Å²) < 4.78 is 13.6. The zero-order valence-electron chi connectivity index (χ0n) is 11.0. The molecule has 1 aromatic carbocycles. The highest BCUT2D eigenvalue weighted by Crippen LogP contribution is 2.33. The SMILES string of the molecule is CC(=O)SCCC(O)C(O)c1cc([N+](=O)[O-])c(O)cc1F. The fourth-order valence-corrected chi connectivity index (χ4v) is 2.28. The van der Waals surface area contributed by atoms with Gasteiger partial charge in [-0.3, -0.25) is 14.9 Å². The Bertz CT molecular complexity index is 553. The summed E-state index contributed by atoms with van der Waals surface area (Å²) in [6, 6.07) is 1.18. The number of phenolic OH excluding ortho intramolecular Hbond substituents is 1. The Kier molecular flexibility index (Phi) is 6.06. The van der Waals surface area contributed by atoms with Gasteiger partial charge in [-0.1, -0.05) is 11.8 Å². The number of aliphatic hydroxyl groups excluding tert-OH is 2. The van der Waals surface area contributed by atoms with E-state index in [1.807, 2.05) is 0 Å². The lowest BCUT2D eigenvalue weighted by Crippen LogP contribution is -2.20. The second-order valence-corrected chi connectivity index (χ2v) is 5.53. The summed E-state index contributed by atoms with van der Waals surface area (Å²) in [5, 5.41) is 39.3. The predicted octanol–water partition coefficient (Wildman–Crippen LogP) is 1.50. The first-order valence-corrected chi connectivity index (χ1v) is 6.89. The number of phenols is 1. The summed E-state index contributed by atoms with van der Waals surface area (Å²) in [6.45, 7) is 1.34. The van der Waals surface area contributed by atoms with E-state index in [9.17, 15) is 34.6 Å². The molecule has 0 bridgehead atoms. The quantitative estimate of drug-likeness (QED) is 0.536. The maximum absolute atomic E-state index is 13.6. The number of aliphatic hydroxyl groups is 2. The molecule has 0 aliphatic carbocycles. The molecule has 0 aliphatic heterocycles. The van der Waals surface area contributed by atoms with Crippen molar-refractivity contribution in [2.24, 2.45) is 0 Å². The lowest BCUT2D eigenvalue weighted by Gasteiger charge is -2.18.